The van der Waals surface area contributed by atoms with Crippen molar-refractivity contribution in [1.82, 2.24) is 4.90 Å². The van der Waals surface area contributed by atoms with Crippen molar-refractivity contribution in [3.8, 4) is 11.5 Å². The summed E-state index contributed by atoms with van der Waals surface area (Å²) in [6.07, 6.45) is 0.880. The van der Waals surface area contributed by atoms with Gasteiger partial charge in [-0.15, -0.1) is 0 Å². The van der Waals surface area contributed by atoms with Gasteiger partial charge in [0.05, 0.1) is 20.3 Å². The molecule has 4 nitrogen and oxygen atoms in total. The maximum absolute atomic E-state index is 13.5. The molecule has 0 amide bonds. The Bertz CT molecular complexity index is 1050. The molecule has 29 heavy (non-hydrogen) atoms. The molecule has 148 valence electrons. The van der Waals surface area contributed by atoms with Gasteiger partial charge in [0.1, 0.15) is 12.0 Å². The van der Waals surface area contributed by atoms with Crippen molar-refractivity contribution in [3.63, 3.8) is 0 Å². The van der Waals surface area contributed by atoms with Crippen LogP contribution >= 0.6 is 0 Å². The predicted molar refractivity (Wildman–Crippen MR) is 111 cm³/mol. The average molecular weight is 390 g/mol. The molecule has 0 saturated carbocycles. The molecule has 2 heterocycles. The Kier molecular flexibility index (Phi) is 4.40. The minimum absolute atomic E-state index is 0.0308. The number of ether oxygens (including phenoxy) is 2. The second kappa shape index (κ2) is 7.08. The molecule has 5 rings (SSSR count). The second-order valence-electron chi connectivity index (χ2n) is 7.48. The average Bonchev–Trinajstić information content (AvgIpc) is 2.77. The van der Waals surface area contributed by atoms with Gasteiger partial charge in [-0.3, -0.25) is 4.90 Å². The predicted octanol–water partition coefficient (Wildman–Crippen LogP) is 4.91. The number of hydrogen-bond acceptors (Lipinski definition) is 4. The normalized spacial score (nSPS) is 20.1. The van der Waals surface area contributed by atoms with Crippen LogP contribution in [0, 0.1) is 5.82 Å². The van der Waals surface area contributed by atoms with Gasteiger partial charge in [0.25, 0.3) is 0 Å². The summed E-state index contributed by atoms with van der Waals surface area (Å²) in [5.74, 6) is 1.28. The third-order valence-electron chi connectivity index (χ3n) is 5.98. The largest absolute Gasteiger partial charge is 0.493 e. The Morgan fingerprint density at radius 1 is 0.931 bits per heavy atom. The third-order valence-corrected chi connectivity index (χ3v) is 5.98. The van der Waals surface area contributed by atoms with E-state index in [0.717, 1.165) is 35.7 Å². The number of para-hydroxylation sites is 1. The standard InChI is InChI=1S/C24H23FN2O2/c1-28-21-13-16-11-12-27-23(19(16)14-22(21)29-2)18-5-3-4-6-20(18)26-24(27)15-7-9-17(25)10-8-15/h3-10,13-14,23-24,26H,11-12H2,1-2H3. The second-order valence-corrected chi connectivity index (χ2v) is 7.48. The molecule has 0 saturated heterocycles. The molecule has 1 N–H and O–H groups in total. The summed E-state index contributed by atoms with van der Waals surface area (Å²) in [7, 11) is 3.34. The first kappa shape index (κ1) is 18.0. The molecule has 0 aromatic heterocycles. The van der Waals surface area contributed by atoms with E-state index in [1.54, 1.807) is 14.2 Å². The van der Waals surface area contributed by atoms with Gasteiger partial charge < -0.3 is 14.8 Å². The molecule has 3 aromatic carbocycles. The summed E-state index contributed by atoms with van der Waals surface area (Å²) in [6, 6.07) is 19.5. The zero-order valence-corrected chi connectivity index (χ0v) is 16.5. The Labute approximate surface area is 169 Å². The van der Waals surface area contributed by atoms with Gasteiger partial charge in [0, 0.05) is 12.2 Å². The van der Waals surface area contributed by atoms with Gasteiger partial charge in [-0.05, 0) is 59.0 Å². The van der Waals surface area contributed by atoms with Crippen molar-refractivity contribution in [2.24, 2.45) is 0 Å². The van der Waals surface area contributed by atoms with E-state index in [1.807, 2.05) is 18.2 Å². The van der Waals surface area contributed by atoms with E-state index in [2.05, 4.69) is 40.5 Å². The number of nitrogens with zero attached hydrogens (tertiary/aromatic N) is 1. The minimum Gasteiger partial charge on any atom is -0.493 e. The maximum atomic E-state index is 13.5. The summed E-state index contributed by atoms with van der Waals surface area (Å²) in [4.78, 5) is 2.45. The van der Waals surface area contributed by atoms with Gasteiger partial charge >= 0.3 is 0 Å². The fraction of sp³-hybridized carbons (Fsp3) is 0.250. The highest BCUT2D eigenvalue weighted by Crippen LogP contribution is 2.48. The highest BCUT2D eigenvalue weighted by atomic mass is 19.1. The first-order chi connectivity index (χ1) is 14.2. The summed E-state index contributed by atoms with van der Waals surface area (Å²) in [5.41, 5.74) is 5.90. The van der Waals surface area contributed by atoms with Gasteiger partial charge in [-0.25, -0.2) is 4.39 Å². The van der Waals surface area contributed by atoms with Crippen molar-refractivity contribution < 1.29 is 13.9 Å². The van der Waals surface area contributed by atoms with E-state index in [9.17, 15) is 4.39 Å². The topological polar surface area (TPSA) is 33.7 Å². The number of rotatable bonds is 3. The molecule has 2 atom stereocenters. The molecule has 2 aliphatic rings. The molecule has 2 unspecified atom stereocenters. The monoisotopic (exact) mass is 390 g/mol. The Morgan fingerprint density at radius 3 is 2.41 bits per heavy atom. The maximum Gasteiger partial charge on any atom is 0.161 e. The van der Waals surface area contributed by atoms with Crippen LogP contribution in [0.5, 0.6) is 11.5 Å². The first-order valence-corrected chi connectivity index (χ1v) is 9.81. The smallest absolute Gasteiger partial charge is 0.161 e. The van der Waals surface area contributed by atoms with Crippen LogP contribution in [0.3, 0.4) is 0 Å². The lowest BCUT2D eigenvalue weighted by atomic mass is 9.84. The summed E-state index contributed by atoms with van der Waals surface area (Å²) < 4.78 is 24.6. The molecule has 3 aromatic rings. The lowest BCUT2D eigenvalue weighted by molar-refractivity contribution is 0.153. The quantitative estimate of drug-likeness (QED) is 0.689. The molecule has 0 radical (unpaired) electrons. The highest BCUT2D eigenvalue weighted by molar-refractivity contribution is 5.61. The lowest BCUT2D eigenvalue weighted by Crippen LogP contribution is -2.45. The van der Waals surface area contributed by atoms with Crippen molar-refractivity contribution in [3.05, 3.63) is 88.7 Å². The number of anilines is 1. The highest BCUT2D eigenvalue weighted by Gasteiger charge is 2.39. The van der Waals surface area contributed by atoms with Crippen molar-refractivity contribution >= 4 is 5.69 Å². The Hall–Kier alpha value is -3.05. The van der Waals surface area contributed by atoms with Crippen LogP contribution in [0.25, 0.3) is 0 Å². The van der Waals surface area contributed by atoms with E-state index in [4.69, 9.17) is 9.47 Å². The van der Waals surface area contributed by atoms with Crippen LogP contribution in [-0.4, -0.2) is 25.7 Å². The number of fused-ring (bicyclic) bond motifs is 5. The van der Waals surface area contributed by atoms with Gasteiger partial charge in [0.15, 0.2) is 11.5 Å². The number of benzene rings is 3. The van der Waals surface area contributed by atoms with Crippen LogP contribution in [0.2, 0.25) is 0 Å². The molecule has 5 heteroatoms. The van der Waals surface area contributed by atoms with Gasteiger partial charge in [0.2, 0.25) is 0 Å². The molecule has 0 aliphatic carbocycles. The Balaban J connectivity index is 1.67. The van der Waals surface area contributed by atoms with Crippen molar-refractivity contribution in [1.29, 1.82) is 0 Å². The van der Waals surface area contributed by atoms with E-state index >= 15 is 0 Å². The fourth-order valence-electron chi connectivity index (χ4n) is 4.61. The summed E-state index contributed by atoms with van der Waals surface area (Å²) >= 11 is 0. The van der Waals surface area contributed by atoms with Crippen LogP contribution in [-0.2, 0) is 6.42 Å². The minimum atomic E-state index is -0.220. The van der Waals surface area contributed by atoms with Crippen LogP contribution in [0.15, 0.2) is 60.7 Å². The zero-order valence-electron chi connectivity index (χ0n) is 16.5. The van der Waals surface area contributed by atoms with E-state index in [1.165, 1.54) is 28.8 Å². The molecule has 0 fully saturated rings. The number of halogens is 1. The number of nitrogens with one attached hydrogen (secondary N) is 1. The van der Waals surface area contributed by atoms with E-state index in [0.29, 0.717) is 0 Å². The SMILES string of the molecule is COc1cc2c(cc1OC)C1c3ccccc3NC(c3ccc(F)cc3)N1CC2. The molecule has 0 spiro atoms. The first-order valence-electron chi connectivity index (χ1n) is 9.81. The van der Waals surface area contributed by atoms with Crippen molar-refractivity contribution in [2.75, 3.05) is 26.1 Å². The fourth-order valence-corrected chi connectivity index (χ4v) is 4.61. The lowest BCUT2D eigenvalue weighted by Gasteiger charge is -2.47. The molecular formula is C24H23FN2O2. The number of hydrogen-bond donors (Lipinski definition) is 1. The zero-order chi connectivity index (χ0) is 20.0. The van der Waals surface area contributed by atoms with Gasteiger partial charge in [-0.1, -0.05) is 30.3 Å². The number of methoxy groups -OCH3 is 2. The van der Waals surface area contributed by atoms with Gasteiger partial charge in [-0.2, -0.15) is 0 Å². The molecular weight excluding hydrogens is 367 g/mol. The molecule has 0 bridgehead atoms. The Morgan fingerprint density at radius 2 is 1.66 bits per heavy atom. The summed E-state index contributed by atoms with van der Waals surface area (Å²) in [6.45, 7) is 0.885. The molecule has 2 aliphatic heterocycles. The van der Waals surface area contributed by atoms with Crippen molar-refractivity contribution in [2.45, 2.75) is 18.6 Å². The third kappa shape index (κ3) is 2.93. The summed E-state index contributed by atoms with van der Waals surface area (Å²) in [5, 5.41) is 3.66. The van der Waals surface area contributed by atoms with Crippen LogP contribution < -0.4 is 14.8 Å². The van der Waals surface area contributed by atoms with Crippen LogP contribution in [0.1, 0.15) is 34.5 Å². The van der Waals surface area contributed by atoms with E-state index < -0.39 is 0 Å². The van der Waals surface area contributed by atoms with Crippen LogP contribution in [0.4, 0.5) is 10.1 Å². The van der Waals surface area contributed by atoms with E-state index in [-0.39, 0.29) is 18.0 Å².